The van der Waals surface area contributed by atoms with Crippen LogP contribution in [0.2, 0.25) is 0 Å². The Balaban J connectivity index is 2.39. The van der Waals surface area contributed by atoms with Crippen LogP contribution in [0.15, 0.2) is 30.3 Å². The average molecular weight is 274 g/mol. The molecule has 0 spiro atoms. The van der Waals surface area contributed by atoms with Crippen LogP contribution in [0.25, 0.3) is 0 Å². The number of carbonyl (C=O) groups is 1. The molecule has 0 bridgehead atoms. The molecule has 1 unspecified atom stereocenters. The van der Waals surface area contributed by atoms with Gasteiger partial charge in [-0.2, -0.15) is 0 Å². The monoisotopic (exact) mass is 274 g/mol. The maximum Gasteiger partial charge on any atom is 0.305 e. The summed E-state index contributed by atoms with van der Waals surface area (Å²) in [4.78, 5) is 10.9. The fourth-order valence-electron chi connectivity index (χ4n) is 2.23. The molecule has 0 saturated heterocycles. The molecule has 0 amide bonds. The molecule has 0 radical (unpaired) electrons. The lowest BCUT2D eigenvalue weighted by atomic mass is 9.83. The predicted octanol–water partition coefficient (Wildman–Crippen LogP) is 2.03. The Labute approximate surface area is 117 Å². The highest BCUT2D eigenvalue weighted by atomic mass is 16.4. The van der Waals surface area contributed by atoms with E-state index < -0.39 is 11.4 Å². The van der Waals surface area contributed by atoms with Gasteiger partial charge in [0.15, 0.2) is 5.82 Å². The first kappa shape index (κ1) is 14.2. The quantitative estimate of drug-likeness (QED) is 0.902. The molecule has 6 heteroatoms. The van der Waals surface area contributed by atoms with Crippen molar-refractivity contribution in [2.24, 2.45) is 0 Å². The van der Waals surface area contributed by atoms with Crippen molar-refractivity contribution in [1.82, 2.24) is 20.2 Å². The van der Waals surface area contributed by atoms with Crippen molar-refractivity contribution in [3.63, 3.8) is 0 Å². The van der Waals surface area contributed by atoms with E-state index in [2.05, 4.69) is 15.5 Å². The molecule has 1 heterocycles. The molecule has 20 heavy (non-hydrogen) atoms. The highest BCUT2D eigenvalue weighted by Crippen LogP contribution is 2.30. The van der Waals surface area contributed by atoms with Crippen LogP contribution >= 0.6 is 0 Å². The Hall–Kier alpha value is -2.24. The minimum atomic E-state index is -0.864. The van der Waals surface area contributed by atoms with Crippen LogP contribution in [0.1, 0.15) is 44.6 Å². The number of benzene rings is 1. The number of rotatable bonds is 5. The minimum Gasteiger partial charge on any atom is -0.481 e. The molecule has 6 nitrogen and oxygen atoms in total. The van der Waals surface area contributed by atoms with E-state index >= 15 is 0 Å². The molecule has 1 aromatic heterocycles. The Morgan fingerprint density at radius 2 is 2.00 bits per heavy atom. The second-order valence-electron chi connectivity index (χ2n) is 5.38. The maximum atomic E-state index is 10.9. The van der Waals surface area contributed by atoms with Crippen molar-refractivity contribution in [1.29, 1.82) is 0 Å². The summed E-state index contributed by atoms with van der Waals surface area (Å²) in [6, 6.07) is 9.62. The SMILES string of the molecule is CC(CC(=O)O)n1nnnc1C(C)(C)c1ccccc1. The van der Waals surface area contributed by atoms with Crippen LogP contribution in [-0.4, -0.2) is 31.3 Å². The summed E-state index contributed by atoms with van der Waals surface area (Å²) in [6.45, 7) is 5.85. The summed E-state index contributed by atoms with van der Waals surface area (Å²) >= 11 is 0. The second kappa shape index (κ2) is 5.40. The molecule has 0 saturated carbocycles. The summed E-state index contributed by atoms with van der Waals surface area (Å²) < 4.78 is 1.60. The van der Waals surface area contributed by atoms with Gasteiger partial charge in [0.05, 0.1) is 17.9 Å². The van der Waals surface area contributed by atoms with Gasteiger partial charge in [0.1, 0.15) is 0 Å². The Morgan fingerprint density at radius 1 is 1.35 bits per heavy atom. The highest BCUT2D eigenvalue weighted by Gasteiger charge is 2.31. The number of nitrogens with zero attached hydrogens (tertiary/aromatic N) is 4. The third-order valence-corrected chi connectivity index (χ3v) is 3.43. The molecular weight excluding hydrogens is 256 g/mol. The molecule has 2 aromatic rings. The molecule has 0 aliphatic rings. The molecule has 0 aliphatic carbocycles. The lowest BCUT2D eigenvalue weighted by Crippen LogP contribution is -2.27. The van der Waals surface area contributed by atoms with Crippen LogP contribution in [0.4, 0.5) is 0 Å². The summed E-state index contributed by atoms with van der Waals surface area (Å²) in [5.74, 6) is -0.200. The standard InChI is InChI=1S/C14H18N4O2/c1-10(9-12(19)20)18-13(15-16-17-18)14(2,3)11-7-5-4-6-8-11/h4-8,10H,9H2,1-3H3,(H,19,20). The van der Waals surface area contributed by atoms with Crippen LogP contribution in [-0.2, 0) is 10.2 Å². The van der Waals surface area contributed by atoms with Gasteiger partial charge in [-0.25, -0.2) is 4.68 Å². The number of hydrogen-bond donors (Lipinski definition) is 1. The first-order valence-corrected chi connectivity index (χ1v) is 6.48. The summed E-state index contributed by atoms with van der Waals surface area (Å²) in [6.07, 6.45) is -0.0110. The van der Waals surface area contributed by atoms with Gasteiger partial charge in [-0.3, -0.25) is 4.79 Å². The number of carboxylic acids is 1. The van der Waals surface area contributed by atoms with Gasteiger partial charge >= 0.3 is 5.97 Å². The molecule has 106 valence electrons. The highest BCUT2D eigenvalue weighted by molar-refractivity contribution is 5.67. The molecular formula is C14H18N4O2. The van der Waals surface area contributed by atoms with E-state index in [0.29, 0.717) is 5.82 Å². The topological polar surface area (TPSA) is 80.9 Å². The fourth-order valence-corrected chi connectivity index (χ4v) is 2.23. The maximum absolute atomic E-state index is 10.9. The van der Waals surface area contributed by atoms with Crippen LogP contribution in [0.5, 0.6) is 0 Å². The van der Waals surface area contributed by atoms with Gasteiger partial charge in [-0.1, -0.05) is 30.3 Å². The van der Waals surface area contributed by atoms with Crippen molar-refractivity contribution in [2.45, 2.75) is 38.6 Å². The van der Waals surface area contributed by atoms with E-state index in [4.69, 9.17) is 5.11 Å². The number of hydrogen-bond acceptors (Lipinski definition) is 4. The zero-order valence-corrected chi connectivity index (χ0v) is 11.8. The number of aromatic nitrogens is 4. The van der Waals surface area contributed by atoms with Crippen LogP contribution in [0.3, 0.4) is 0 Å². The third kappa shape index (κ3) is 2.68. The van der Waals surface area contributed by atoms with Gasteiger partial charge in [-0.15, -0.1) is 5.10 Å². The largest absolute Gasteiger partial charge is 0.481 e. The summed E-state index contributed by atoms with van der Waals surface area (Å²) in [5, 5.41) is 20.7. The van der Waals surface area contributed by atoms with Gasteiger partial charge in [0.2, 0.25) is 0 Å². The van der Waals surface area contributed by atoms with E-state index in [1.54, 1.807) is 11.6 Å². The molecule has 1 atom stereocenters. The predicted molar refractivity (Wildman–Crippen MR) is 73.4 cm³/mol. The van der Waals surface area contributed by atoms with Crippen LogP contribution in [0, 0.1) is 0 Å². The van der Waals surface area contributed by atoms with Crippen molar-refractivity contribution >= 4 is 5.97 Å². The van der Waals surface area contributed by atoms with Crippen molar-refractivity contribution in [3.05, 3.63) is 41.7 Å². The lowest BCUT2D eigenvalue weighted by Gasteiger charge is -2.25. The van der Waals surface area contributed by atoms with Crippen molar-refractivity contribution in [3.8, 4) is 0 Å². The van der Waals surface area contributed by atoms with Gasteiger partial charge in [0.25, 0.3) is 0 Å². The van der Waals surface area contributed by atoms with Gasteiger partial charge < -0.3 is 5.11 Å². The van der Waals surface area contributed by atoms with E-state index in [0.717, 1.165) is 5.56 Å². The molecule has 1 aromatic carbocycles. The van der Waals surface area contributed by atoms with Crippen molar-refractivity contribution < 1.29 is 9.90 Å². The Kier molecular flexibility index (Phi) is 3.83. The molecule has 0 aliphatic heterocycles. The van der Waals surface area contributed by atoms with E-state index in [1.807, 2.05) is 44.2 Å². The molecule has 1 N–H and O–H groups in total. The zero-order valence-electron chi connectivity index (χ0n) is 11.8. The van der Waals surface area contributed by atoms with E-state index in [-0.39, 0.29) is 12.5 Å². The second-order valence-corrected chi connectivity index (χ2v) is 5.38. The van der Waals surface area contributed by atoms with E-state index in [9.17, 15) is 4.79 Å². The number of carboxylic acid groups (broad SMARTS) is 1. The summed E-state index contributed by atoms with van der Waals surface area (Å²) in [7, 11) is 0. The number of aliphatic carboxylic acids is 1. The smallest absolute Gasteiger partial charge is 0.305 e. The van der Waals surface area contributed by atoms with Gasteiger partial charge in [-0.05, 0) is 36.8 Å². The first-order valence-electron chi connectivity index (χ1n) is 6.48. The number of tetrazole rings is 1. The van der Waals surface area contributed by atoms with Crippen LogP contribution < -0.4 is 0 Å². The van der Waals surface area contributed by atoms with Crippen molar-refractivity contribution in [2.75, 3.05) is 0 Å². The molecule has 0 fully saturated rings. The average Bonchev–Trinajstić information content (AvgIpc) is 2.89. The zero-order chi connectivity index (χ0) is 14.8. The Morgan fingerprint density at radius 3 is 2.60 bits per heavy atom. The lowest BCUT2D eigenvalue weighted by molar-refractivity contribution is -0.137. The summed E-state index contributed by atoms with van der Waals surface area (Å²) in [5.41, 5.74) is 0.691. The first-order chi connectivity index (χ1) is 9.43. The normalized spacial score (nSPS) is 13.2. The fraction of sp³-hybridized carbons (Fsp3) is 0.429. The molecule has 2 rings (SSSR count). The Bertz CT molecular complexity index is 592. The van der Waals surface area contributed by atoms with Gasteiger partial charge in [0, 0.05) is 0 Å². The minimum absolute atomic E-state index is 0.0110. The third-order valence-electron chi connectivity index (χ3n) is 3.43. The van der Waals surface area contributed by atoms with E-state index in [1.165, 1.54) is 0 Å².